The molecule has 0 aliphatic rings. The molecule has 1 amide bonds. The number of amides is 1. The Morgan fingerprint density at radius 2 is 2.10 bits per heavy atom. The van der Waals surface area contributed by atoms with Gasteiger partial charge in [0.05, 0.1) is 16.3 Å². The Kier molecular flexibility index (Phi) is 6.52. The molecular formula is C24H27N3O2S. The summed E-state index contributed by atoms with van der Waals surface area (Å²) in [5.74, 6) is 3.41. The number of carbonyl (C=O) groups excluding carboxylic acids is 1. The number of fused-ring (bicyclic) bond motifs is 1. The van der Waals surface area contributed by atoms with E-state index in [0.717, 1.165) is 45.5 Å². The monoisotopic (exact) mass is 421 g/mol. The highest BCUT2D eigenvalue weighted by Crippen LogP contribution is 2.25. The third-order valence-corrected chi connectivity index (χ3v) is 6.13. The lowest BCUT2D eigenvalue weighted by molar-refractivity contribution is -0.122. The maximum absolute atomic E-state index is 13.1. The van der Waals surface area contributed by atoms with Gasteiger partial charge in [0.25, 0.3) is 0 Å². The zero-order chi connectivity index (χ0) is 21.9. The summed E-state index contributed by atoms with van der Waals surface area (Å²) in [6.07, 6.45) is 10.6. The van der Waals surface area contributed by atoms with Crippen LogP contribution in [0.3, 0.4) is 0 Å². The first kappa shape index (κ1) is 21.9. The van der Waals surface area contributed by atoms with Crippen LogP contribution in [-0.4, -0.2) is 27.6 Å². The molecule has 0 fully saturated rings. The summed E-state index contributed by atoms with van der Waals surface area (Å²) < 4.78 is 5.31. The van der Waals surface area contributed by atoms with Crippen molar-refractivity contribution >= 4 is 28.6 Å². The van der Waals surface area contributed by atoms with Crippen molar-refractivity contribution in [3.63, 3.8) is 0 Å². The number of thioether (sulfide) groups is 1. The Labute approximate surface area is 182 Å². The number of terminal acetylenes is 1. The molecular weight excluding hydrogens is 394 g/mol. The molecule has 2 heterocycles. The highest BCUT2D eigenvalue weighted by molar-refractivity contribution is 7.99. The molecule has 0 saturated heterocycles. The van der Waals surface area contributed by atoms with Gasteiger partial charge in [-0.2, -0.15) is 11.8 Å². The molecule has 1 N–H and O–H groups in total. The fourth-order valence-electron chi connectivity index (χ4n) is 3.43. The van der Waals surface area contributed by atoms with E-state index in [9.17, 15) is 4.79 Å². The Balaban J connectivity index is 1.80. The molecule has 0 radical (unpaired) electrons. The summed E-state index contributed by atoms with van der Waals surface area (Å²) >= 11 is 1.53. The van der Waals surface area contributed by atoms with Gasteiger partial charge in [-0.15, -0.1) is 6.42 Å². The number of hydrogen-bond acceptors (Lipinski definition) is 5. The van der Waals surface area contributed by atoms with E-state index in [-0.39, 0.29) is 11.2 Å². The first-order chi connectivity index (χ1) is 14.3. The Bertz CT molecular complexity index is 1110. The van der Waals surface area contributed by atoms with Crippen LogP contribution >= 0.6 is 11.8 Å². The minimum Gasteiger partial charge on any atom is -0.361 e. The maximum Gasteiger partial charge on any atom is 0.234 e. The van der Waals surface area contributed by atoms with E-state index in [0.29, 0.717) is 6.42 Å². The average Bonchev–Trinajstić information content (AvgIpc) is 3.21. The van der Waals surface area contributed by atoms with Crippen LogP contribution in [0.4, 0.5) is 0 Å². The van der Waals surface area contributed by atoms with Crippen molar-refractivity contribution in [2.75, 3.05) is 6.26 Å². The van der Waals surface area contributed by atoms with Crippen molar-refractivity contribution in [3.8, 4) is 12.3 Å². The number of rotatable bonds is 7. The Morgan fingerprint density at radius 3 is 2.73 bits per heavy atom. The standard InChI is InChI=1S/C24H27N3O2S/c1-7-16-10-18-11-17(9-15(3)22(18)25-14-16)12-20(30-6)23(28)26-24(4,5)21-13-19(8-2)29-27-21/h1,9-11,13-14,20H,8,12H2,2-6H3,(H,26,28). The maximum atomic E-state index is 13.1. The molecule has 1 aromatic carbocycles. The molecule has 1 atom stereocenters. The predicted octanol–water partition coefficient (Wildman–Crippen LogP) is 4.40. The average molecular weight is 422 g/mol. The van der Waals surface area contributed by atoms with Crippen LogP contribution in [0, 0.1) is 19.3 Å². The summed E-state index contributed by atoms with van der Waals surface area (Å²) in [6.45, 7) is 7.91. The van der Waals surface area contributed by atoms with Crippen molar-refractivity contribution in [1.82, 2.24) is 15.5 Å². The fourth-order valence-corrected chi connectivity index (χ4v) is 4.06. The number of aryl methyl sites for hydroxylation is 2. The third kappa shape index (κ3) is 4.68. The number of benzene rings is 1. The van der Waals surface area contributed by atoms with Gasteiger partial charge in [0.15, 0.2) is 0 Å². The Morgan fingerprint density at radius 1 is 1.33 bits per heavy atom. The van der Waals surface area contributed by atoms with Crippen LogP contribution in [0.25, 0.3) is 10.9 Å². The van der Waals surface area contributed by atoms with Crippen LogP contribution in [-0.2, 0) is 23.2 Å². The number of pyridine rings is 1. The summed E-state index contributed by atoms with van der Waals surface area (Å²) in [4.78, 5) is 17.5. The zero-order valence-corrected chi connectivity index (χ0v) is 18.9. The van der Waals surface area contributed by atoms with E-state index < -0.39 is 5.54 Å². The van der Waals surface area contributed by atoms with Gasteiger partial charge in [0.1, 0.15) is 11.5 Å². The summed E-state index contributed by atoms with van der Waals surface area (Å²) in [7, 11) is 0. The minimum absolute atomic E-state index is 0.0261. The second kappa shape index (κ2) is 8.93. The molecule has 0 bridgehead atoms. The molecule has 0 aliphatic carbocycles. The molecule has 1 unspecified atom stereocenters. The summed E-state index contributed by atoms with van der Waals surface area (Å²) in [5, 5.41) is 8.02. The fraction of sp³-hybridized carbons (Fsp3) is 0.375. The molecule has 2 aromatic heterocycles. The van der Waals surface area contributed by atoms with Crippen molar-refractivity contribution in [3.05, 3.63) is 58.6 Å². The molecule has 3 rings (SSSR count). The number of nitrogens with zero attached hydrogens (tertiary/aromatic N) is 2. The zero-order valence-electron chi connectivity index (χ0n) is 18.1. The number of nitrogens with one attached hydrogen (secondary N) is 1. The molecule has 0 aliphatic heterocycles. The molecule has 156 valence electrons. The van der Waals surface area contributed by atoms with Gasteiger partial charge in [-0.1, -0.05) is 24.1 Å². The quantitative estimate of drug-likeness (QED) is 0.573. The van der Waals surface area contributed by atoms with Crippen LogP contribution in [0.2, 0.25) is 0 Å². The predicted molar refractivity (Wildman–Crippen MR) is 122 cm³/mol. The van der Waals surface area contributed by atoms with Gasteiger partial charge in [0.2, 0.25) is 5.91 Å². The van der Waals surface area contributed by atoms with Gasteiger partial charge in [-0.3, -0.25) is 9.78 Å². The van der Waals surface area contributed by atoms with Gasteiger partial charge < -0.3 is 9.84 Å². The van der Waals surface area contributed by atoms with Crippen molar-refractivity contribution in [1.29, 1.82) is 0 Å². The third-order valence-electron chi connectivity index (χ3n) is 5.18. The van der Waals surface area contributed by atoms with Crippen LogP contribution < -0.4 is 5.32 Å². The molecule has 0 saturated carbocycles. The number of carbonyl (C=O) groups is 1. The first-order valence-electron chi connectivity index (χ1n) is 9.94. The summed E-state index contributed by atoms with van der Waals surface area (Å²) in [5.41, 5.74) is 3.94. The molecule has 6 heteroatoms. The van der Waals surface area contributed by atoms with E-state index in [2.05, 4.69) is 33.5 Å². The normalized spacial score (nSPS) is 12.5. The second-order valence-electron chi connectivity index (χ2n) is 7.93. The van der Waals surface area contributed by atoms with E-state index >= 15 is 0 Å². The number of hydrogen-bond donors (Lipinski definition) is 1. The lowest BCUT2D eigenvalue weighted by Crippen LogP contribution is -2.45. The van der Waals surface area contributed by atoms with Crippen LogP contribution in [0.1, 0.15) is 48.9 Å². The molecule has 5 nitrogen and oxygen atoms in total. The van der Waals surface area contributed by atoms with E-state index in [1.54, 1.807) is 6.20 Å². The SMILES string of the molecule is C#Cc1cnc2c(C)cc(CC(SC)C(=O)NC(C)(C)c3cc(CC)on3)cc2c1. The van der Waals surface area contributed by atoms with Gasteiger partial charge in [-0.05, 0) is 56.7 Å². The first-order valence-corrected chi connectivity index (χ1v) is 11.2. The highest BCUT2D eigenvalue weighted by atomic mass is 32.2. The van der Waals surface area contributed by atoms with Gasteiger partial charge >= 0.3 is 0 Å². The van der Waals surface area contributed by atoms with Crippen molar-refractivity contribution in [2.45, 2.75) is 51.3 Å². The smallest absolute Gasteiger partial charge is 0.234 e. The molecule has 3 aromatic rings. The minimum atomic E-state index is -0.618. The molecule has 30 heavy (non-hydrogen) atoms. The molecule has 0 spiro atoms. The Hall–Kier alpha value is -2.78. The van der Waals surface area contributed by atoms with Crippen LogP contribution in [0.5, 0.6) is 0 Å². The summed E-state index contributed by atoms with van der Waals surface area (Å²) in [6, 6.07) is 8.03. The largest absolute Gasteiger partial charge is 0.361 e. The van der Waals surface area contributed by atoms with Gasteiger partial charge in [0, 0.05) is 29.6 Å². The van der Waals surface area contributed by atoms with E-state index in [1.807, 2.05) is 46.1 Å². The second-order valence-corrected chi connectivity index (χ2v) is 8.97. The lowest BCUT2D eigenvalue weighted by Gasteiger charge is -2.26. The topological polar surface area (TPSA) is 68.0 Å². The van der Waals surface area contributed by atoms with Gasteiger partial charge in [-0.25, -0.2) is 0 Å². The van der Waals surface area contributed by atoms with Crippen molar-refractivity contribution < 1.29 is 9.32 Å². The number of aromatic nitrogens is 2. The van der Waals surface area contributed by atoms with E-state index in [1.165, 1.54) is 11.8 Å². The van der Waals surface area contributed by atoms with Crippen molar-refractivity contribution in [2.24, 2.45) is 0 Å². The van der Waals surface area contributed by atoms with E-state index in [4.69, 9.17) is 10.9 Å². The van der Waals surface area contributed by atoms with Crippen LogP contribution in [0.15, 0.2) is 35.0 Å². The lowest BCUT2D eigenvalue weighted by atomic mass is 9.98. The highest BCUT2D eigenvalue weighted by Gasteiger charge is 2.30.